The van der Waals surface area contributed by atoms with Gasteiger partial charge in [-0.3, -0.25) is 4.79 Å². The number of hydrogen-bond donors (Lipinski definition) is 1. The average molecular weight is 151 g/mol. The Morgan fingerprint density at radius 3 is 2.91 bits per heavy atom. The van der Waals surface area contributed by atoms with Crippen LogP contribution in [0.15, 0.2) is 23.8 Å². The van der Waals surface area contributed by atoms with E-state index < -0.39 is 0 Å². The largest absolute Gasteiger partial charge is 0.349 e. The van der Waals surface area contributed by atoms with E-state index in [-0.39, 0.29) is 5.91 Å². The molecule has 0 saturated carbocycles. The number of amides is 1. The van der Waals surface area contributed by atoms with Crippen LogP contribution in [0.4, 0.5) is 0 Å². The molecule has 0 aliphatic carbocycles. The van der Waals surface area contributed by atoms with Crippen molar-refractivity contribution in [3.63, 3.8) is 0 Å². The Hall–Kier alpha value is -1.05. The molecule has 2 nitrogen and oxygen atoms in total. The van der Waals surface area contributed by atoms with Gasteiger partial charge in [0.2, 0.25) is 5.91 Å². The molecular formula is C9H13NO. The summed E-state index contributed by atoms with van der Waals surface area (Å²) >= 11 is 0. The molecule has 1 aliphatic rings. The number of rotatable bonds is 1. The van der Waals surface area contributed by atoms with E-state index in [0.29, 0.717) is 12.5 Å². The molecule has 0 aromatic carbocycles. The molecule has 0 atom stereocenters. The van der Waals surface area contributed by atoms with Gasteiger partial charge in [0.25, 0.3) is 0 Å². The molecule has 1 N–H and O–H groups in total. The molecule has 0 unspecified atom stereocenters. The van der Waals surface area contributed by atoms with Crippen molar-refractivity contribution in [2.45, 2.75) is 13.8 Å². The zero-order chi connectivity index (χ0) is 8.27. The molecular weight excluding hydrogens is 138 g/mol. The summed E-state index contributed by atoms with van der Waals surface area (Å²) in [5.41, 5.74) is 0.860. The predicted molar refractivity (Wildman–Crippen MR) is 45.1 cm³/mol. The van der Waals surface area contributed by atoms with Crippen molar-refractivity contribution < 1.29 is 4.79 Å². The molecule has 60 valence electrons. The highest BCUT2D eigenvalue weighted by Gasteiger charge is 2.12. The van der Waals surface area contributed by atoms with E-state index in [2.05, 4.69) is 5.32 Å². The van der Waals surface area contributed by atoms with E-state index in [1.54, 1.807) is 0 Å². The monoisotopic (exact) mass is 151 g/mol. The van der Waals surface area contributed by atoms with Crippen LogP contribution < -0.4 is 5.32 Å². The highest BCUT2D eigenvalue weighted by atomic mass is 16.1. The average Bonchev–Trinajstić information content (AvgIpc) is 2.13. The first kappa shape index (κ1) is 8.05. The van der Waals surface area contributed by atoms with Gasteiger partial charge >= 0.3 is 0 Å². The number of hydrogen-bond acceptors (Lipinski definition) is 1. The smallest absolute Gasteiger partial charge is 0.247 e. The minimum absolute atomic E-state index is 0.0602. The number of carbonyl (C=O) groups is 1. The van der Waals surface area contributed by atoms with Gasteiger partial charge in [-0.15, -0.1) is 0 Å². The van der Waals surface area contributed by atoms with Crippen molar-refractivity contribution in [2.75, 3.05) is 6.54 Å². The summed E-state index contributed by atoms with van der Waals surface area (Å²) in [5.74, 6) is 0.364. The van der Waals surface area contributed by atoms with Gasteiger partial charge in [-0.25, -0.2) is 0 Å². The first-order valence-corrected chi connectivity index (χ1v) is 3.86. The van der Waals surface area contributed by atoms with Crippen molar-refractivity contribution in [3.8, 4) is 0 Å². The second kappa shape index (κ2) is 3.37. The lowest BCUT2D eigenvalue weighted by Gasteiger charge is -2.07. The molecule has 11 heavy (non-hydrogen) atoms. The summed E-state index contributed by atoms with van der Waals surface area (Å²) in [7, 11) is 0. The molecule has 0 fully saturated rings. The maximum Gasteiger partial charge on any atom is 0.247 e. The third-order valence-electron chi connectivity index (χ3n) is 1.68. The zero-order valence-electron chi connectivity index (χ0n) is 6.92. The third kappa shape index (κ3) is 1.93. The second-order valence-corrected chi connectivity index (χ2v) is 2.91. The lowest BCUT2D eigenvalue weighted by molar-refractivity contribution is -0.117. The van der Waals surface area contributed by atoms with E-state index >= 15 is 0 Å². The topological polar surface area (TPSA) is 29.1 Å². The molecule has 0 radical (unpaired) electrons. The van der Waals surface area contributed by atoms with Gasteiger partial charge in [0.15, 0.2) is 0 Å². The van der Waals surface area contributed by atoms with Crippen LogP contribution in [0, 0.1) is 5.92 Å². The summed E-state index contributed by atoms with van der Waals surface area (Å²) in [6, 6.07) is 0. The van der Waals surface area contributed by atoms with E-state index in [4.69, 9.17) is 0 Å². The minimum Gasteiger partial charge on any atom is -0.349 e. The number of allylic oxidation sites excluding steroid dienone is 2. The van der Waals surface area contributed by atoms with Gasteiger partial charge in [0, 0.05) is 12.1 Å². The van der Waals surface area contributed by atoms with Crippen LogP contribution >= 0.6 is 0 Å². The molecule has 0 aromatic rings. The van der Waals surface area contributed by atoms with Gasteiger partial charge in [-0.05, 0) is 5.92 Å². The van der Waals surface area contributed by atoms with Crippen molar-refractivity contribution >= 4 is 5.91 Å². The fourth-order valence-corrected chi connectivity index (χ4v) is 1.02. The maximum absolute atomic E-state index is 11.2. The van der Waals surface area contributed by atoms with Crippen molar-refractivity contribution in [1.29, 1.82) is 0 Å². The first-order valence-electron chi connectivity index (χ1n) is 3.86. The standard InChI is InChI=1S/C9H13NO/c1-7(2)8-5-3-4-6-10-9(8)11/h3-5,7H,6H2,1-2H3,(H,10,11). The molecule has 1 aliphatic heterocycles. The fourth-order valence-electron chi connectivity index (χ4n) is 1.02. The summed E-state index contributed by atoms with van der Waals surface area (Å²) in [4.78, 5) is 11.2. The molecule has 1 amide bonds. The van der Waals surface area contributed by atoms with Crippen LogP contribution in [0.1, 0.15) is 13.8 Å². The molecule has 0 bridgehead atoms. The minimum atomic E-state index is 0.0602. The quantitative estimate of drug-likeness (QED) is 0.600. The maximum atomic E-state index is 11.2. The molecule has 0 aromatic heterocycles. The van der Waals surface area contributed by atoms with Gasteiger partial charge in [0.05, 0.1) is 0 Å². The summed E-state index contributed by atoms with van der Waals surface area (Å²) in [5, 5.41) is 2.78. The Labute approximate surface area is 67.0 Å². The van der Waals surface area contributed by atoms with Crippen molar-refractivity contribution in [1.82, 2.24) is 5.32 Å². The molecule has 0 saturated heterocycles. The highest BCUT2D eigenvalue weighted by molar-refractivity contribution is 5.94. The SMILES string of the molecule is CC(C)C1=CC=CCNC1=O. The van der Waals surface area contributed by atoms with Gasteiger partial charge < -0.3 is 5.32 Å². The van der Waals surface area contributed by atoms with Crippen LogP contribution in [0.5, 0.6) is 0 Å². The lowest BCUT2D eigenvalue weighted by Crippen LogP contribution is -2.25. The Morgan fingerprint density at radius 1 is 1.55 bits per heavy atom. The molecule has 0 spiro atoms. The summed E-state index contributed by atoms with van der Waals surface area (Å²) in [6.45, 7) is 4.68. The van der Waals surface area contributed by atoms with Crippen molar-refractivity contribution in [3.05, 3.63) is 23.8 Å². The Balaban J connectivity index is 2.80. The predicted octanol–water partition coefficient (Wildman–Crippen LogP) is 1.25. The fraction of sp³-hybridized carbons (Fsp3) is 0.444. The molecule has 1 heterocycles. The van der Waals surface area contributed by atoms with E-state index in [9.17, 15) is 4.79 Å². The summed E-state index contributed by atoms with van der Waals surface area (Å²) in [6.07, 6.45) is 5.74. The lowest BCUT2D eigenvalue weighted by atomic mass is 10.0. The van der Waals surface area contributed by atoms with E-state index in [1.807, 2.05) is 32.1 Å². The number of nitrogens with one attached hydrogen (secondary N) is 1. The van der Waals surface area contributed by atoms with Crippen molar-refractivity contribution in [2.24, 2.45) is 5.92 Å². The van der Waals surface area contributed by atoms with E-state index in [1.165, 1.54) is 0 Å². The normalized spacial score (nSPS) is 17.7. The second-order valence-electron chi connectivity index (χ2n) is 2.91. The van der Waals surface area contributed by atoms with Crippen LogP contribution in [0.2, 0.25) is 0 Å². The zero-order valence-corrected chi connectivity index (χ0v) is 6.92. The number of carbonyl (C=O) groups excluding carboxylic acids is 1. The van der Waals surface area contributed by atoms with E-state index in [0.717, 1.165) is 5.57 Å². The first-order chi connectivity index (χ1) is 5.22. The van der Waals surface area contributed by atoms with Crippen LogP contribution in [0.3, 0.4) is 0 Å². The summed E-state index contributed by atoms with van der Waals surface area (Å²) < 4.78 is 0. The van der Waals surface area contributed by atoms with Crippen LogP contribution in [-0.2, 0) is 4.79 Å². The highest BCUT2D eigenvalue weighted by Crippen LogP contribution is 2.10. The molecule has 2 heteroatoms. The Morgan fingerprint density at radius 2 is 2.27 bits per heavy atom. The Kier molecular flexibility index (Phi) is 2.47. The van der Waals surface area contributed by atoms with Gasteiger partial charge in [0.1, 0.15) is 0 Å². The Bertz CT molecular complexity index is 214. The van der Waals surface area contributed by atoms with Crippen LogP contribution in [-0.4, -0.2) is 12.5 Å². The van der Waals surface area contributed by atoms with Gasteiger partial charge in [-0.2, -0.15) is 0 Å². The third-order valence-corrected chi connectivity index (χ3v) is 1.68. The van der Waals surface area contributed by atoms with Gasteiger partial charge in [-0.1, -0.05) is 32.1 Å². The molecule has 1 rings (SSSR count). The van der Waals surface area contributed by atoms with Crippen LogP contribution in [0.25, 0.3) is 0 Å².